The normalized spacial score (nSPS) is 17.0. The van der Waals surface area contributed by atoms with Gasteiger partial charge in [0.1, 0.15) is 17.6 Å². The Morgan fingerprint density at radius 3 is 3.05 bits per heavy atom. The van der Waals surface area contributed by atoms with E-state index in [0.29, 0.717) is 31.0 Å². The van der Waals surface area contributed by atoms with E-state index < -0.39 is 12.0 Å². The number of fused-ring (bicyclic) bond motifs is 1. The molecule has 0 amide bonds. The van der Waals surface area contributed by atoms with Crippen LogP contribution >= 0.6 is 0 Å². The molecule has 2 aromatic rings. The van der Waals surface area contributed by atoms with Crippen molar-refractivity contribution in [3.8, 4) is 5.75 Å². The van der Waals surface area contributed by atoms with Crippen molar-refractivity contribution in [2.24, 2.45) is 0 Å². The average molecular weight is 303 g/mol. The molecule has 0 radical (unpaired) electrons. The summed E-state index contributed by atoms with van der Waals surface area (Å²) in [6, 6.07) is 6.57. The lowest BCUT2D eigenvalue weighted by Crippen LogP contribution is -2.34. The first kappa shape index (κ1) is 14.4. The van der Waals surface area contributed by atoms with Crippen LogP contribution in [0.2, 0.25) is 0 Å². The Bertz CT molecular complexity index is 762. The van der Waals surface area contributed by atoms with Gasteiger partial charge in [0.15, 0.2) is 0 Å². The van der Waals surface area contributed by atoms with Crippen molar-refractivity contribution < 1.29 is 14.6 Å². The van der Waals surface area contributed by atoms with Crippen LogP contribution in [0.5, 0.6) is 5.75 Å². The van der Waals surface area contributed by atoms with Gasteiger partial charge in [0.05, 0.1) is 13.7 Å². The summed E-state index contributed by atoms with van der Waals surface area (Å²) >= 11 is 0. The number of rotatable bonds is 4. The van der Waals surface area contributed by atoms with Gasteiger partial charge in [-0.1, -0.05) is 12.1 Å². The van der Waals surface area contributed by atoms with Gasteiger partial charge in [0, 0.05) is 6.42 Å². The first-order chi connectivity index (χ1) is 10.6. The van der Waals surface area contributed by atoms with E-state index in [-0.39, 0.29) is 5.69 Å². The number of aliphatic carboxylic acids is 1. The van der Waals surface area contributed by atoms with Crippen LogP contribution in [0.25, 0.3) is 0 Å². The van der Waals surface area contributed by atoms with Crippen molar-refractivity contribution in [2.75, 3.05) is 7.11 Å². The molecule has 1 aromatic heterocycles. The summed E-state index contributed by atoms with van der Waals surface area (Å²) in [5.41, 5.74) is 0.508. The van der Waals surface area contributed by atoms with Crippen LogP contribution < -0.4 is 10.4 Å². The molecule has 1 unspecified atom stereocenters. The molecule has 0 fully saturated rings. The van der Waals surface area contributed by atoms with Crippen molar-refractivity contribution >= 4 is 5.97 Å². The van der Waals surface area contributed by atoms with E-state index in [1.54, 1.807) is 7.11 Å². The number of aromatic nitrogens is 3. The molecule has 0 bridgehead atoms. The van der Waals surface area contributed by atoms with Crippen LogP contribution in [-0.4, -0.2) is 32.5 Å². The number of ether oxygens (including phenoxy) is 1. The maximum Gasteiger partial charge on any atom is 0.347 e. The van der Waals surface area contributed by atoms with Crippen molar-refractivity contribution in [1.29, 1.82) is 0 Å². The highest BCUT2D eigenvalue weighted by molar-refractivity contribution is 5.72. The molecule has 1 aliphatic heterocycles. The highest BCUT2D eigenvalue weighted by Gasteiger charge is 2.30. The van der Waals surface area contributed by atoms with Crippen LogP contribution in [0.4, 0.5) is 0 Å². The topological polar surface area (TPSA) is 86.4 Å². The molecule has 1 N–H and O–H groups in total. The molecule has 0 aliphatic carbocycles. The molecule has 0 saturated carbocycles. The maximum atomic E-state index is 12.5. The Hall–Kier alpha value is -2.57. The van der Waals surface area contributed by atoms with Crippen LogP contribution in [-0.2, 0) is 17.8 Å². The second-order valence-electron chi connectivity index (χ2n) is 5.32. The van der Waals surface area contributed by atoms with Crippen LogP contribution in [0.1, 0.15) is 30.3 Å². The van der Waals surface area contributed by atoms with E-state index in [9.17, 15) is 14.7 Å². The quantitative estimate of drug-likeness (QED) is 0.913. The third kappa shape index (κ3) is 2.49. The Balaban J connectivity index is 1.96. The van der Waals surface area contributed by atoms with Gasteiger partial charge in [-0.3, -0.25) is 4.57 Å². The minimum atomic E-state index is -0.982. The summed E-state index contributed by atoms with van der Waals surface area (Å²) in [6.45, 7) is 0.294. The Kier molecular flexibility index (Phi) is 3.70. The monoisotopic (exact) mass is 303 g/mol. The van der Waals surface area contributed by atoms with E-state index >= 15 is 0 Å². The van der Waals surface area contributed by atoms with Gasteiger partial charge in [-0.05, 0) is 30.5 Å². The zero-order chi connectivity index (χ0) is 15.7. The summed E-state index contributed by atoms with van der Waals surface area (Å²) in [4.78, 5) is 23.8. The molecule has 116 valence electrons. The van der Waals surface area contributed by atoms with Crippen molar-refractivity contribution in [1.82, 2.24) is 14.3 Å². The van der Waals surface area contributed by atoms with Gasteiger partial charge in [-0.15, -0.1) is 0 Å². The lowest BCUT2D eigenvalue weighted by Gasteiger charge is -2.19. The lowest BCUT2D eigenvalue weighted by atomic mass is 10.1. The fourth-order valence-corrected chi connectivity index (χ4v) is 2.81. The van der Waals surface area contributed by atoms with Gasteiger partial charge < -0.3 is 9.84 Å². The summed E-state index contributed by atoms with van der Waals surface area (Å²) in [6.07, 6.45) is 1.82. The molecule has 1 aliphatic rings. The average Bonchev–Trinajstić information content (AvgIpc) is 2.84. The number of carbonyl (C=O) groups is 1. The van der Waals surface area contributed by atoms with Crippen molar-refractivity contribution in [3.63, 3.8) is 0 Å². The molecular weight excluding hydrogens is 286 g/mol. The number of benzene rings is 1. The van der Waals surface area contributed by atoms with Gasteiger partial charge in [-0.2, -0.15) is 5.10 Å². The number of nitrogens with zero attached hydrogens (tertiary/aromatic N) is 3. The zero-order valence-electron chi connectivity index (χ0n) is 12.2. The summed E-state index contributed by atoms with van der Waals surface area (Å²) < 4.78 is 7.80. The minimum Gasteiger partial charge on any atom is -0.497 e. The van der Waals surface area contributed by atoms with Crippen LogP contribution in [0.15, 0.2) is 29.1 Å². The van der Waals surface area contributed by atoms with E-state index in [0.717, 1.165) is 12.0 Å². The third-order valence-corrected chi connectivity index (χ3v) is 3.88. The molecule has 0 spiro atoms. The number of carboxylic acids is 1. The smallest absolute Gasteiger partial charge is 0.347 e. The van der Waals surface area contributed by atoms with Crippen molar-refractivity contribution in [3.05, 3.63) is 46.1 Å². The Morgan fingerprint density at radius 1 is 1.50 bits per heavy atom. The van der Waals surface area contributed by atoms with Gasteiger partial charge in [0.2, 0.25) is 0 Å². The second-order valence-corrected chi connectivity index (χ2v) is 5.32. The molecule has 7 heteroatoms. The molecule has 7 nitrogen and oxygen atoms in total. The third-order valence-electron chi connectivity index (χ3n) is 3.88. The van der Waals surface area contributed by atoms with Crippen LogP contribution in [0.3, 0.4) is 0 Å². The first-order valence-corrected chi connectivity index (χ1v) is 7.14. The fraction of sp³-hybridized carbons (Fsp3) is 0.400. The second kappa shape index (κ2) is 5.67. The summed E-state index contributed by atoms with van der Waals surface area (Å²) in [5, 5.41) is 13.6. The zero-order valence-corrected chi connectivity index (χ0v) is 12.2. The molecule has 22 heavy (non-hydrogen) atoms. The molecular formula is C15H17N3O4. The maximum absolute atomic E-state index is 12.5. The predicted octanol–water partition coefficient (Wildman–Crippen LogP) is 1.06. The highest BCUT2D eigenvalue weighted by Crippen LogP contribution is 2.22. The lowest BCUT2D eigenvalue weighted by molar-refractivity contribution is -0.141. The van der Waals surface area contributed by atoms with Crippen LogP contribution in [0, 0.1) is 0 Å². The number of methoxy groups -OCH3 is 1. The molecule has 2 heterocycles. The van der Waals surface area contributed by atoms with E-state index in [1.165, 1.54) is 9.25 Å². The minimum absolute atomic E-state index is 0.294. The van der Waals surface area contributed by atoms with Gasteiger partial charge in [0.25, 0.3) is 0 Å². The number of carboxylic acid groups (broad SMARTS) is 1. The van der Waals surface area contributed by atoms with E-state index in [4.69, 9.17) is 4.74 Å². The summed E-state index contributed by atoms with van der Waals surface area (Å²) in [5.74, 6) is 0.272. The number of hydrogen-bond donors (Lipinski definition) is 1. The Morgan fingerprint density at radius 2 is 2.32 bits per heavy atom. The van der Waals surface area contributed by atoms with Gasteiger partial charge >= 0.3 is 11.7 Å². The predicted molar refractivity (Wildman–Crippen MR) is 78.2 cm³/mol. The van der Waals surface area contributed by atoms with E-state index in [1.807, 2.05) is 24.3 Å². The largest absolute Gasteiger partial charge is 0.497 e. The van der Waals surface area contributed by atoms with E-state index in [2.05, 4.69) is 5.10 Å². The highest BCUT2D eigenvalue weighted by atomic mass is 16.5. The first-order valence-electron chi connectivity index (χ1n) is 7.14. The fourth-order valence-electron chi connectivity index (χ4n) is 2.81. The Labute approximate surface area is 126 Å². The molecule has 1 atom stereocenters. The molecule has 3 rings (SSSR count). The van der Waals surface area contributed by atoms with Crippen molar-refractivity contribution in [2.45, 2.75) is 31.8 Å². The number of hydrogen-bond acceptors (Lipinski definition) is 4. The van der Waals surface area contributed by atoms with Gasteiger partial charge in [-0.25, -0.2) is 14.3 Å². The number of aryl methyl sites for hydroxylation is 1. The molecule has 0 saturated heterocycles. The molecule has 1 aromatic carbocycles. The standard InChI is InChI=1S/C15H17N3O4/c1-22-11-5-2-4-10(8-11)9-17-15(21)18-12(14(19)20)6-3-7-13(18)16-17/h2,4-5,8,12H,3,6-7,9H2,1H3,(H,19,20). The SMILES string of the molecule is COc1cccc(Cn2nc3n(c2=O)C(C(=O)O)CCC3)c1. The summed E-state index contributed by atoms with van der Waals surface area (Å²) in [7, 11) is 1.58.